The third-order valence-electron chi connectivity index (χ3n) is 2.41. The lowest BCUT2D eigenvalue weighted by Gasteiger charge is -2.15. The van der Waals surface area contributed by atoms with Crippen LogP contribution in [0.1, 0.15) is 12.2 Å². The molecule has 3 amide bonds. The van der Waals surface area contributed by atoms with Crippen molar-refractivity contribution in [2.24, 2.45) is 5.73 Å². The van der Waals surface area contributed by atoms with Crippen molar-refractivity contribution < 1.29 is 14.0 Å². The van der Waals surface area contributed by atoms with Gasteiger partial charge in [0.1, 0.15) is 5.76 Å². The number of nitrogens with zero attached hydrogens (tertiary/aromatic N) is 1. The van der Waals surface area contributed by atoms with Crippen LogP contribution in [0.25, 0.3) is 0 Å². The van der Waals surface area contributed by atoms with Gasteiger partial charge in [-0.05, 0) is 38.7 Å². The topological polar surface area (TPSA) is 101 Å². The Hall–Kier alpha value is -1.86. The number of carbonyl (C=O) groups is 2. The van der Waals surface area contributed by atoms with Gasteiger partial charge in [-0.1, -0.05) is 0 Å². The summed E-state index contributed by atoms with van der Waals surface area (Å²) in [6.45, 7) is 1.71. The fraction of sp³-hybridized carbons (Fsp3) is 0.500. The molecule has 19 heavy (non-hydrogen) atoms. The second kappa shape index (κ2) is 8.28. The van der Waals surface area contributed by atoms with E-state index in [1.165, 1.54) is 6.26 Å². The van der Waals surface area contributed by atoms with Crippen LogP contribution in [0.4, 0.5) is 4.79 Å². The van der Waals surface area contributed by atoms with Gasteiger partial charge in [0.05, 0.1) is 19.4 Å². The molecule has 0 saturated heterocycles. The Morgan fingerprint density at radius 2 is 2.26 bits per heavy atom. The number of furan rings is 1. The number of nitrogens with two attached hydrogens (primary N) is 1. The van der Waals surface area contributed by atoms with Crippen molar-refractivity contribution in [1.82, 2.24) is 15.5 Å². The van der Waals surface area contributed by atoms with E-state index < -0.39 is 6.03 Å². The van der Waals surface area contributed by atoms with E-state index in [1.54, 1.807) is 19.2 Å². The first-order valence-corrected chi connectivity index (χ1v) is 6.10. The van der Waals surface area contributed by atoms with Gasteiger partial charge < -0.3 is 15.5 Å². The van der Waals surface area contributed by atoms with E-state index in [2.05, 4.69) is 10.6 Å². The number of hydrogen-bond donors (Lipinski definition) is 3. The number of urea groups is 1. The summed E-state index contributed by atoms with van der Waals surface area (Å²) in [6, 6.07) is 2.93. The monoisotopic (exact) mass is 268 g/mol. The van der Waals surface area contributed by atoms with E-state index >= 15 is 0 Å². The maximum absolute atomic E-state index is 11.5. The van der Waals surface area contributed by atoms with Crippen LogP contribution in [0.2, 0.25) is 0 Å². The van der Waals surface area contributed by atoms with E-state index in [1.807, 2.05) is 4.90 Å². The van der Waals surface area contributed by atoms with Gasteiger partial charge >= 0.3 is 6.03 Å². The highest BCUT2D eigenvalue weighted by atomic mass is 16.3. The van der Waals surface area contributed by atoms with E-state index in [4.69, 9.17) is 10.2 Å². The molecule has 1 aromatic heterocycles. The summed E-state index contributed by atoms with van der Waals surface area (Å²) >= 11 is 0. The predicted molar refractivity (Wildman–Crippen MR) is 70.3 cm³/mol. The zero-order valence-electron chi connectivity index (χ0n) is 11.0. The van der Waals surface area contributed by atoms with E-state index in [0.717, 1.165) is 13.0 Å². The normalized spacial score (nSPS) is 10.5. The van der Waals surface area contributed by atoms with E-state index in [-0.39, 0.29) is 19.0 Å². The van der Waals surface area contributed by atoms with Crippen LogP contribution in [-0.2, 0) is 11.3 Å². The second-order valence-electron chi connectivity index (χ2n) is 4.19. The molecule has 1 heterocycles. The highest BCUT2D eigenvalue weighted by Gasteiger charge is 2.10. The Balaban J connectivity index is 2.18. The van der Waals surface area contributed by atoms with Gasteiger partial charge in [-0.3, -0.25) is 15.0 Å². The lowest BCUT2D eigenvalue weighted by molar-refractivity contribution is -0.120. The van der Waals surface area contributed by atoms with E-state index in [0.29, 0.717) is 12.3 Å². The van der Waals surface area contributed by atoms with Crippen molar-refractivity contribution >= 4 is 11.9 Å². The summed E-state index contributed by atoms with van der Waals surface area (Å²) in [5.41, 5.74) is 5.37. The number of imide groups is 1. The Kier molecular flexibility index (Phi) is 6.62. The molecule has 0 spiro atoms. The molecule has 7 heteroatoms. The maximum atomic E-state index is 11.5. The standard InChI is InChI=1S/C12H20N4O3/c1-16(6-3-5-13)9-11(17)15-12(18)14-8-10-4-2-7-19-10/h2,4,7H,3,5-6,8-9,13H2,1H3,(H2,14,15,17,18). The minimum absolute atomic E-state index is 0.161. The van der Waals surface area contributed by atoms with Crippen LogP contribution in [0, 0.1) is 0 Å². The van der Waals surface area contributed by atoms with Crippen LogP contribution in [-0.4, -0.2) is 43.5 Å². The lowest BCUT2D eigenvalue weighted by atomic mass is 10.4. The van der Waals surface area contributed by atoms with Crippen molar-refractivity contribution in [3.8, 4) is 0 Å². The van der Waals surface area contributed by atoms with Crippen LogP contribution in [0.5, 0.6) is 0 Å². The predicted octanol–water partition coefficient (Wildman–Crippen LogP) is -0.114. The first-order chi connectivity index (χ1) is 9.11. The molecular weight excluding hydrogens is 248 g/mol. The molecule has 1 aromatic rings. The first-order valence-electron chi connectivity index (χ1n) is 6.10. The number of nitrogens with one attached hydrogen (secondary N) is 2. The van der Waals surface area contributed by atoms with Gasteiger partial charge in [0.25, 0.3) is 0 Å². The average Bonchev–Trinajstić information content (AvgIpc) is 2.86. The number of rotatable bonds is 7. The summed E-state index contributed by atoms with van der Waals surface area (Å²) in [5, 5.41) is 4.78. The highest BCUT2D eigenvalue weighted by molar-refractivity contribution is 5.95. The molecule has 0 radical (unpaired) electrons. The molecule has 106 valence electrons. The summed E-state index contributed by atoms with van der Waals surface area (Å²) in [4.78, 5) is 24.7. The Morgan fingerprint density at radius 1 is 1.47 bits per heavy atom. The third kappa shape index (κ3) is 6.58. The zero-order valence-corrected chi connectivity index (χ0v) is 11.0. The molecule has 7 nitrogen and oxygen atoms in total. The zero-order chi connectivity index (χ0) is 14.1. The molecule has 0 unspecified atom stereocenters. The number of likely N-dealkylation sites (N-methyl/N-ethyl adjacent to an activating group) is 1. The Bertz CT molecular complexity index is 392. The quantitative estimate of drug-likeness (QED) is 0.640. The number of hydrogen-bond acceptors (Lipinski definition) is 5. The summed E-state index contributed by atoms with van der Waals surface area (Å²) in [5.74, 6) is 0.277. The number of carbonyl (C=O) groups excluding carboxylic acids is 2. The molecule has 0 atom stereocenters. The molecule has 0 saturated carbocycles. The van der Waals surface area contributed by atoms with E-state index in [9.17, 15) is 9.59 Å². The SMILES string of the molecule is CN(CCCN)CC(=O)NC(=O)NCc1ccco1. The second-order valence-corrected chi connectivity index (χ2v) is 4.19. The van der Waals surface area contributed by atoms with Crippen molar-refractivity contribution in [3.63, 3.8) is 0 Å². The highest BCUT2D eigenvalue weighted by Crippen LogP contribution is 1.97. The molecule has 0 aliphatic carbocycles. The Morgan fingerprint density at radius 3 is 2.89 bits per heavy atom. The van der Waals surface area contributed by atoms with Gasteiger partial charge in [0, 0.05) is 0 Å². The van der Waals surface area contributed by atoms with Crippen LogP contribution in [0.3, 0.4) is 0 Å². The van der Waals surface area contributed by atoms with Crippen LogP contribution >= 0.6 is 0 Å². The van der Waals surface area contributed by atoms with Crippen molar-refractivity contribution in [1.29, 1.82) is 0 Å². The molecule has 0 fully saturated rings. The van der Waals surface area contributed by atoms with Gasteiger partial charge in [0.15, 0.2) is 0 Å². The molecule has 1 rings (SSSR count). The van der Waals surface area contributed by atoms with Gasteiger partial charge in [0.2, 0.25) is 5.91 Å². The molecule has 0 aliphatic heterocycles. The Labute approximate surface area is 112 Å². The molecule has 0 aromatic carbocycles. The van der Waals surface area contributed by atoms with Crippen LogP contribution in [0.15, 0.2) is 22.8 Å². The molecular formula is C12H20N4O3. The molecule has 4 N–H and O–H groups in total. The smallest absolute Gasteiger partial charge is 0.321 e. The first kappa shape index (κ1) is 15.2. The molecule has 0 aliphatic rings. The summed E-state index contributed by atoms with van der Waals surface area (Å²) in [6.07, 6.45) is 2.33. The lowest BCUT2D eigenvalue weighted by Crippen LogP contribution is -2.43. The van der Waals surface area contributed by atoms with Gasteiger partial charge in [-0.25, -0.2) is 4.79 Å². The van der Waals surface area contributed by atoms with Crippen molar-refractivity contribution in [3.05, 3.63) is 24.2 Å². The van der Waals surface area contributed by atoms with Crippen molar-refractivity contribution in [2.45, 2.75) is 13.0 Å². The summed E-state index contributed by atoms with van der Waals surface area (Å²) in [7, 11) is 1.80. The van der Waals surface area contributed by atoms with Crippen molar-refractivity contribution in [2.75, 3.05) is 26.7 Å². The van der Waals surface area contributed by atoms with Gasteiger partial charge in [-0.15, -0.1) is 0 Å². The van der Waals surface area contributed by atoms with Crippen LogP contribution < -0.4 is 16.4 Å². The largest absolute Gasteiger partial charge is 0.467 e. The fourth-order valence-corrected chi connectivity index (χ4v) is 1.48. The maximum Gasteiger partial charge on any atom is 0.321 e. The van der Waals surface area contributed by atoms with Gasteiger partial charge in [-0.2, -0.15) is 0 Å². The molecule has 0 bridgehead atoms. The third-order valence-corrected chi connectivity index (χ3v) is 2.41. The minimum Gasteiger partial charge on any atom is -0.467 e. The average molecular weight is 268 g/mol. The number of amides is 3. The minimum atomic E-state index is -0.534. The fourth-order valence-electron chi connectivity index (χ4n) is 1.48. The summed E-state index contributed by atoms with van der Waals surface area (Å²) < 4.78 is 5.05.